The van der Waals surface area contributed by atoms with Crippen molar-refractivity contribution in [2.24, 2.45) is 11.3 Å². The van der Waals surface area contributed by atoms with Gasteiger partial charge < -0.3 is 0 Å². The van der Waals surface area contributed by atoms with Crippen LogP contribution in [0.2, 0.25) is 0 Å². The number of hydrogen-bond acceptors (Lipinski definition) is 1. The van der Waals surface area contributed by atoms with E-state index in [0.717, 1.165) is 10.9 Å². The lowest BCUT2D eigenvalue weighted by Gasteiger charge is -2.28. The van der Waals surface area contributed by atoms with Crippen LogP contribution in [0.3, 0.4) is 0 Å². The zero-order valence-electron chi connectivity index (χ0n) is 10.6. The Balaban J connectivity index is 2.73. The molecule has 92 valence electrons. The van der Waals surface area contributed by atoms with Gasteiger partial charge in [-0.1, -0.05) is 27.7 Å². The van der Waals surface area contributed by atoms with Crippen LogP contribution in [-0.2, 0) is 0 Å². The van der Waals surface area contributed by atoms with Crippen LogP contribution in [0.5, 0.6) is 0 Å². The summed E-state index contributed by atoms with van der Waals surface area (Å²) in [6, 6.07) is 2.15. The average molecular weight is 324 g/mol. The highest BCUT2D eigenvalue weighted by atomic mass is 79.9. The van der Waals surface area contributed by atoms with Crippen molar-refractivity contribution in [2.45, 2.75) is 46.4 Å². The van der Waals surface area contributed by atoms with Crippen molar-refractivity contribution < 1.29 is 0 Å². The van der Waals surface area contributed by atoms with Crippen molar-refractivity contribution >= 4 is 38.9 Å². The molecule has 16 heavy (non-hydrogen) atoms. The van der Waals surface area contributed by atoms with E-state index in [1.807, 2.05) is 0 Å². The van der Waals surface area contributed by atoms with Gasteiger partial charge in [0.05, 0.1) is 5.38 Å². The normalized spacial score (nSPS) is 16.2. The van der Waals surface area contributed by atoms with Crippen LogP contribution >= 0.6 is 38.9 Å². The topological polar surface area (TPSA) is 0 Å². The van der Waals surface area contributed by atoms with Crippen molar-refractivity contribution in [1.82, 2.24) is 0 Å². The summed E-state index contributed by atoms with van der Waals surface area (Å²) in [5.41, 5.74) is 0.325. The van der Waals surface area contributed by atoms with E-state index >= 15 is 0 Å². The second-order valence-electron chi connectivity index (χ2n) is 5.54. The molecule has 1 heterocycles. The van der Waals surface area contributed by atoms with Gasteiger partial charge in [0, 0.05) is 14.2 Å². The number of alkyl halides is 1. The van der Waals surface area contributed by atoms with Crippen LogP contribution < -0.4 is 0 Å². The highest BCUT2D eigenvalue weighted by molar-refractivity contribution is 9.10. The predicted molar refractivity (Wildman–Crippen MR) is 78.6 cm³/mol. The Morgan fingerprint density at radius 1 is 1.44 bits per heavy atom. The Labute approximate surface area is 117 Å². The van der Waals surface area contributed by atoms with Crippen molar-refractivity contribution in [1.29, 1.82) is 0 Å². The molecular formula is C13H20BrClS. The fourth-order valence-corrected chi connectivity index (χ4v) is 4.05. The molecular weight excluding hydrogens is 304 g/mol. The average Bonchev–Trinajstić information content (AvgIpc) is 2.43. The van der Waals surface area contributed by atoms with Gasteiger partial charge in [-0.05, 0) is 46.7 Å². The molecule has 0 amide bonds. The predicted octanol–water partition coefficient (Wildman–Crippen LogP) is 6.17. The monoisotopic (exact) mass is 322 g/mol. The fraction of sp³-hybridized carbons (Fsp3) is 0.692. The van der Waals surface area contributed by atoms with E-state index in [1.54, 1.807) is 11.3 Å². The molecule has 0 N–H and O–H groups in total. The number of halogens is 2. The largest absolute Gasteiger partial charge is 0.143 e. The Morgan fingerprint density at radius 3 is 2.38 bits per heavy atom. The number of thiophene rings is 1. The molecule has 0 aromatic carbocycles. The zero-order chi connectivity index (χ0) is 12.5. The molecule has 0 spiro atoms. The summed E-state index contributed by atoms with van der Waals surface area (Å²) in [6.45, 7) is 11.2. The Kier molecular flexibility index (Phi) is 4.91. The van der Waals surface area contributed by atoms with Gasteiger partial charge in [0.1, 0.15) is 0 Å². The molecule has 2 atom stereocenters. The maximum atomic E-state index is 6.51. The molecule has 1 aromatic heterocycles. The second-order valence-corrected chi connectivity index (χ2v) is 8.21. The molecule has 0 saturated heterocycles. The summed E-state index contributed by atoms with van der Waals surface area (Å²) in [5.74, 6) is 0.615. The molecule has 3 heteroatoms. The lowest BCUT2D eigenvalue weighted by atomic mass is 9.79. The maximum absolute atomic E-state index is 6.51. The van der Waals surface area contributed by atoms with Crippen LogP contribution in [0.1, 0.15) is 49.2 Å². The lowest BCUT2D eigenvalue weighted by Crippen LogP contribution is -2.18. The molecule has 1 rings (SSSR count). The molecule has 0 radical (unpaired) electrons. The van der Waals surface area contributed by atoms with Crippen LogP contribution in [-0.4, -0.2) is 0 Å². The van der Waals surface area contributed by atoms with Crippen LogP contribution in [0.25, 0.3) is 0 Å². The minimum absolute atomic E-state index is 0.127. The van der Waals surface area contributed by atoms with Gasteiger partial charge in [-0.2, -0.15) is 0 Å². The van der Waals surface area contributed by atoms with Crippen molar-refractivity contribution in [2.75, 3.05) is 0 Å². The van der Waals surface area contributed by atoms with Crippen molar-refractivity contribution in [3.05, 3.63) is 20.3 Å². The third-order valence-electron chi connectivity index (χ3n) is 3.16. The first kappa shape index (κ1) is 14.5. The highest BCUT2D eigenvalue weighted by Crippen LogP contribution is 2.41. The van der Waals surface area contributed by atoms with E-state index in [-0.39, 0.29) is 5.38 Å². The first-order valence-electron chi connectivity index (χ1n) is 5.61. The maximum Gasteiger partial charge on any atom is 0.0692 e. The summed E-state index contributed by atoms with van der Waals surface area (Å²) in [7, 11) is 0. The molecule has 0 aliphatic heterocycles. The first-order valence-corrected chi connectivity index (χ1v) is 7.66. The van der Waals surface area contributed by atoms with Gasteiger partial charge in [0.2, 0.25) is 0 Å². The molecule has 2 unspecified atom stereocenters. The molecule has 0 fully saturated rings. The van der Waals surface area contributed by atoms with Gasteiger partial charge >= 0.3 is 0 Å². The number of rotatable bonds is 3. The van der Waals surface area contributed by atoms with Gasteiger partial charge in [-0.25, -0.2) is 0 Å². The zero-order valence-corrected chi connectivity index (χ0v) is 13.8. The third-order valence-corrected chi connectivity index (χ3v) is 5.77. The summed E-state index contributed by atoms with van der Waals surface area (Å²) in [6.07, 6.45) is 1.03. The third kappa shape index (κ3) is 3.75. The molecule has 0 saturated carbocycles. The summed E-state index contributed by atoms with van der Waals surface area (Å²) in [4.78, 5) is 2.59. The van der Waals surface area contributed by atoms with Crippen LogP contribution in [0, 0.1) is 18.3 Å². The SMILES string of the molecule is Cc1cc(Br)c(C(Cl)CC(C)C(C)(C)C)s1. The van der Waals surface area contributed by atoms with Crippen molar-refractivity contribution in [3.8, 4) is 0 Å². The molecule has 1 aromatic rings. The van der Waals surface area contributed by atoms with Gasteiger partial charge in [0.15, 0.2) is 0 Å². The van der Waals surface area contributed by atoms with Crippen LogP contribution in [0.4, 0.5) is 0 Å². The Hall–Kier alpha value is 0.470. The van der Waals surface area contributed by atoms with Gasteiger partial charge in [-0.15, -0.1) is 22.9 Å². The minimum atomic E-state index is 0.127. The van der Waals surface area contributed by atoms with Crippen LogP contribution in [0.15, 0.2) is 10.5 Å². The van der Waals surface area contributed by atoms with Gasteiger partial charge in [0.25, 0.3) is 0 Å². The minimum Gasteiger partial charge on any atom is -0.143 e. The molecule has 0 aliphatic carbocycles. The summed E-state index contributed by atoms with van der Waals surface area (Å²) in [5, 5.41) is 0.127. The summed E-state index contributed by atoms with van der Waals surface area (Å²) < 4.78 is 1.16. The summed E-state index contributed by atoms with van der Waals surface area (Å²) >= 11 is 11.9. The van der Waals surface area contributed by atoms with E-state index in [0.29, 0.717) is 11.3 Å². The fourth-order valence-electron chi connectivity index (χ4n) is 1.49. The lowest BCUT2D eigenvalue weighted by molar-refractivity contribution is 0.245. The Morgan fingerprint density at radius 2 is 2.00 bits per heavy atom. The number of hydrogen-bond donors (Lipinski definition) is 0. The first-order chi connectivity index (χ1) is 7.21. The van der Waals surface area contributed by atoms with E-state index in [4.69, 9.17) is 11.6 Å². The van der Waals surface area contributed by atoms with E-state index < -0.39 is 0 Å². The smallest absolute Gasteiger partial charge is 0.0692 e. The Bertz CT molecular complexity index is 351. The molecule has 0 nitrogen and oxygen atoms in total. The highest BCUT2D eigenvalue weighted by Gasteiger charge is 2.25. The van der Waals surface area contributed by atoms with Crippen molar-refractivity contribution in [3.63, 3.8) is 0 Å². The van der Waals surface area contributed by atoms with E-state index in [2.05, 4.69) is 56.6 Å². The standard InChI is InChI=1S/C13H20BrClS/c1-8(13(3,4)5)6-11(15)12-10(14)7-9(2)16-12/h7-8,11H,6H2,1-5H3. The molecule has 0 bridgehead atoms. The van der Waals surface area contributed by atoms with E-state index in [9.17, 15) is 0 Å². The molecule has 0 aliphatic rings. The quantitative estimate of drug-likeness (QED) is 0.583. The van der Waals surface area contributed by atoms with Gasteiger partial charge in [-0.3, -0.25) is 0 Å². The second kappa shape index (κ2) is 5.41. The van der Waals surface area contributed by atoms with E-state index in [1.165, 1.54) is 9.75 Å². The number of aryl methyl sites for hydroxylation is 1.